The molecule has 1 saturated heterocycles. The second kappa shape index (κ2) is 5.47. The molecule has 15 heavy (non-hydrogen) atoms. The molecule has 1 amide bonds. The van der Waals surface area contributed by atoms with E-state index in [9.17, 15) is 4.79 Å². The van der Waals surface area contributed by atoms with E-state index in [0.29, 0.717) is 5.92 Å². The molecule has 0 radical (unpaired) electrons. The molecule has 0 aromatic heterocycles. The molecule has 1 fully saturated rings. The molecule has 0 spiro atoms. The van der Waals surface area contributed by atoms with Crippen LogP contribution in [0, 0.1) is 5.92 Å². The lowest BCUT2D eigenvalue weighted by atomic mass is 9.92. The van der Waals surface area contributed by atoms with Gasteiger partial charge in [-0.3, -0.25) is 4.79 Å². The van der Waals surface area contributed by atoms with Crippen LogP contribution in [0.15, 0.2) is 0 Å². The van der Waals surface area contributed by atoms with Crippen LogP contribution in [0.4, 0.5) is 0 Å². The topological polar surface area (TPSA) is 55.6 Å². The summed E-state index contributed by atoms with van der Waals surface area (Å²) >= 11 is 0. The number of methoxy groups -OCH3 is 1. The van der Waals surface area contributed by atoms with Crippen molar-refractivity contribution in [3.05, 3.63) is 0 Å². The molecule has 3 unspecified atom stereocenters. The van der Waals surface area contributed by atoms with Gasteiger partial charge in [0.25, 0.3) is 5.91 Å². The largest absolute Gasteiger partial charge is 0.372 e. The molecule has 1 rings (SSSR count). The minimum atomic E-state index is -0.336. The number of likely N-dealkylation sites (tertiary alicyclic amines) is 1. The van der Waals surface area contributed by atoms with Crippen LogP contribution in [0.25, 0.3) is 0 Å². The van der Waals surface area contributed by atoms with Crippen molar-refractivity contribution in [1.29, 1.82) is 0 Å². The average Bonchev–Trinajstić information content (AvgIpc) is 2.27. The second-order valence-corrected chi connectivity index (χ2v) is 4.42. The fourth-order valence-corrected chi connectivity index (χ4v) is 2.00. The van der Waals surface area contributed by atoms with Crippen molar-refractivity contribution in [1.82, 2.24) is 4.90 Å². The van der Waals surface area contributed by atoms with E-state index >= 15 is 0 Å². The SMILES string of the molecule is COC(C)C(=O)N1CCCC(C(C)N)C1. The molecule has 2 N–H and O–H groups in total. The summed E-state index contributed by atoms with van der Waals surface area (Å²) in [5, 5.41) is 0. The Bertz CT molecular complexity index is 219. The fraction of sp³-hybridized carbons (Fsp3) is 0.909. The summed E-state index contributed by atoms with van der Waals surface area (Å²) in [5.41, 5.74) is 5.87. The van der Waals surface area contributed by atoms with Crippen molar-refractivity contribution in [2.24, 2.45) is 11.7 Å². The van der Waals surface area contributed by atoms with Crippen LogP contribution in [-0.4, -0.2) is 43.2 Å². The van der Waals surface area contributed by atoms with Gasteiger partial charge in [0.15, 0.2) is 0 Å². The second-order valence-electron chi connectivity index (χ2n) is 4.42. The molecule has 88 valence electrons. The van der Waals surface area contributed by atoms with E-state index in [1.54, 1.807) is 14.0 Å². The lowest BCUT2D eigenvalue weighted by molar-refractivity contribution is -0.142. The molecular weight excluding hydrogens is 192 g/mol. The highest BCUT2D eigenvalue weighted by Gasteiger charge is 2.28. The third-order valence-corrected chi connectivity index (χ3v) is 3.21. The van der Waals surface area contributed by atoms with E-state index in [4.69, 9.17) is 10.5 Å². The highest BCUT2D eigenvalue weighted by molar-refractivity contribution is 5.80. The minimum Gasteiger partial charge on any atom is -0.372 e. The third kappa shape index (κ3) is 3.18. The maximum Gasteiger partial charge on any atom is 0.251 e. The smallest absolute Gasteiger partial charge is 0.251 e. The molecule has 0 aromatic carbocycles. The van der Waals surface area contributed by atoms with Gasteiger partial charge in [0.1, 0.15) is 6.10 Å². The van der Waals surface area contributed by atoms with Gasteiger partial charge in [-0.25, -0.2) is 0 Å². The monoisotopic (exact) mass is 214 g/mol. The molecule has 0 bridgehead atoms. The number of amides is 1. The Balaban J connectivity index is 2.52. The maximum absolute atomic E-state index is 11.9. The third-order valence-electron chi connectivity index (χ3n) is 3.21. The van der Waals surface area contributed by atoms with Crippen LogP contribution in [0.2, 0.25) is 0 Å². The summed E-state index contributed by atoms with van der Waals surface area (Å²) in [4.78, 5) is 13.7. The van der Waals surface area contributed by atoms with Gasteiger partial charge in [0.2, 0.25) is 0 Å². The Morgan fingerprint density at radius 2 is 2.20 bits per heavy atom. The Labute approximate surface area is 91.8 Å². The van der Waals surface area contributed by atoms with Gasteiger partial charge in [-0.15, -0.1) is 0 Å². The van der Waals surface area contributed by atoms with Crippen molar-refractivity contribution in [2.75, 3.05) is 20.2 Å². The van der Waals surface area contributed by atoms with Crippen molar-refractivity contribution in [2.45, 2.75) is 38.8 Å². The van der Waals surface area contributed by atoms with Crippen LogP contribution in [0.1, 0.15) is 26.7 Å². The standard InChI is InChI=1S/C11H22N2O2/c1-8(12)10-5-4-6-13(7-10)11(14)9(2)15-3/h8-10H,4-7,12H2,1-3H3. The lowest BCUT2D eigenvalue weighted by Gasteiger charge is -2.35. The summed E-state index contributed by atoms with van der Waals surface area (Å²) in [7, 11) is 1.57. The number of hydrogen-bond acceptors (Lipinski definition) is 3. The zero-order chi connectivity index (χ0) is 11.4. The van der Waals surface area contributed by atoms with Gasteiger partial charge in [0, 0.05) is 26.2 Å². The van der Waals surface area contributed by atoms with E-state index in [1.807, 2.05) is 11.8 Å². The first kappa shape index (κ1) is 12.5. The quantitative estimate of drug-likeness (QED) is 0.749. The predicted molar refractivity (Wildman–Crippen MR) is 59.4 cm³/mol. The molecule has 0 aromatic rings. The molecule has 1 heterocycles. The van der Waals surface area contributed by atoms with Crippen LogP contribution in [0.3, 0.4) is 0 Å². The summed E-state index contributed by atoms with van der Waals surface area (Å²) in [5.74, 6) is 0.523. The van der Waals surface area contributed by atoms with Gasteiger partial charge in [-0.1, -0.05) is 0 Å². The van der Waals surface area contributed by atoms with Crippen LogP contribution < -0.4 is 5.73 Å². The van der Waals surface area contributed by atoms with Crippen LogP contribution in [-0.2, 0) is 9.53 Å². The molecular formula is C11H22N2O2. The number of piperidine rings is 1. The lowest BCUT2D eigenvalue weighted by Crippen LogP contribution is -2.48. The van der Waals surface area contributed by atoms with E-state index < -0.39 is 0 Å². The number of ether oxygens (including phenoxy) is 1. The number of carbonyl (C=O) groups is 1. The van der Waals surface area contributed by atoms with E-state index in [0.717, 1.165) is 25.9 Å². The van der Waals surface area contributed by atoms with Gasteiger partial charge < -0.3 is 15.4 Å². The van der Waals surface area contributed by atoms with Gasteiger partial charge >= 0.3 is 0 Å². The summed E-state index contributed by atoms with van der Waals surface area (Å²) in [6.45, 7) is 5.43. The van der Waals surface area contributed by atoms with Crippen molar-refractivity contribution >= 4 is 5.91 Å². The predicted octanol–water partition coefficient (Wildman–Crippen LogP) is 0.607. The zero-order valence-corrected chi connectivity index (χ0v) is 9.90. The molecule has 0 aliphatic carbocycles. The maximum atomic E-state index is 11.9. The number of hydrogen-bond donors (Lipinski definition) is 1. The number of nitrogens with zero attached hydrogens (tertiary/aromatic N) is 1. The Hall–Kier alpha value is -0.610. The number of nitrogens with two attached hydrogens (primary N) is 1. The molecule has 0 saturated carbocycles. The van der Waals surface area contributed by atoms with Crippen molar-refractivity contribution < 1.29 is 9.53 Å². The minimum absolute atomic E-state index is 0.0860. The summed E-state index contributed by atoms with van der Waals surface area (Å²) < 4.78 is 5.04. The normalized spacial score (nSPS) is 26.1. The molecule has 3 atom stereocenters. The summed E-state index contributed by atoms with van der Waals surface area (Å²) in [6, 6.07) is 0.165. The van der Waals surface area contributed by atoms with Crippen molar-refractivity contribution in [3.63, 3.8) is 0 Å². The number of rotatable bonds is 3. The van der Waals surface area contributed by atoms with Gasteiger partial charge in [-0.2, -0.15) is 0 Å². The Morgan fingerprint density at radius 1 is 1.53 bits per heavy atom. The van der Waals surface area contributed by atoms with Gasteiger partial charge in [-0.05, 0) is 32.6 Å². The molecule has 1 aliphatic heterocycles. The first-order valence-corrected chi connectivity index (χ1v) is 5.63. The molecule has 1 aliphatic rings. The van der Waals surface area contributed by atoms with Crippen molar-refractivity contribution in [3.8, 4) is 0 Å². The van der Waals surface area contributed by atoms with E-state index in [2.05, 4.69) is 0 Å². The first-order chi connectivity index (χ1) is 7.06. The van der Waals surface area contributed by atoms with Crippen LogP contribution >= 0.6 is 0 Å². The highest BCUT2D eigenvalue weighted by Crippen LogP contribution is 2.19. The first-order valence-electron chi connectivity index (χ1n) is 5.63. The highest BCUT2D eigenvalue weighted by atomic mass is 16.5. The van der Waals surface area contributed by atoms with Gasteiger partial charge in [0.05, 0.1) is 0 Å². The van der Waals surface area contributed by atoms with E-state index in [1.165, 1.54) is 0 Å². The average molecular weight is 214 g/mol. The number of carbonyl (C=O) groups excluding carboxylic acids is 1. The zero-order valence-electron chi connectivity index (χ0n) is 9.90. The fourth-order valence-electron chi connectivity index (χ4n) is 2.00. The Morgan fingerprint density at radius 3 is 2.73 bits per heavy atom. The molecule has 4 nitrogen and oxygen atoms in total. The summed E-state index contributed by atoms with van der Waals surface area (Å²) in [6.07, 6.45) is 1.84. The molecule has 4 heteroatoms. The Kier molecular flexibility index (Phi) is 4.54. The van der Waals surface area contributed by atoms with Crippen LogP contribution in [0.5, 0.6) is 0 Å². The van der Waals surface area contributed by atoms with E-state index in [-0.39, 0.29) is 18.1 Å².